The monoisotopic (exact) mass is 486 g/mol. The fourth-order valence-corrected chi connectivity index (χ4v) is 5.85. The van der Waals surface area contributed by atoms with Crippen LogP contribution in [-0.4, -0.2) is 31.1 Å². The molecule has 0 N–H and O–H groups in total. The highest BCUT2D eigenvalue weighted by molar-refractivity contribution is 14.1. The van der Waals surface area contributed by atoms with Crippen LogP contribution < -0.4 is 4.74 Å². The Morgan fingerprint density at radius 2 is 1.85 bits per heavy atom. The van der Waals surface area contributed by atoms with Crippen LogP contribution in [0.5, 0.6) is 5.88 Å². The molecule has 3 rings (SSSR count). The van der Waals surface area contributed by atoms with E-state index in [1.54, 1.807) is 7.11 Å². The summed E-state index contributed by atoms with van der Waals surface area (Å²) in [6, 6.07) is 2.64. The van der Waals surface area contributed by atoms with Gasteiger partial charge in [0, 0.05) is 28.1 Å². The lowest BCUT2D eigenvalue weighted by molar-refractivity contribution is 0.119. The number of halogens is 1. The molecule has 1 saturated carbocycles. The van der Waals surface area contributed by atoms with Gasteiger partial charge in [-0.2, -0.15) is 0 Å². The summed E-state index contributed by atoms with van der Waals surface area (Å²) in [7, 11) is 0.0147. The molecule has 0 aliphatic heterocycles. The molecule has 2 heterocycles. The van der Waals surface area contributed by atoms with E-state index in [1.165, 1.54) is 21.9 Å². The molecule has 1 fully saturated rings. The van der Waals surface area contributed by atoms with Crippen LogP contribution in [0.25, 0.3) is 10.9 Å². The normalized spacial score (nSPS) is 22.0. The van der Waals surface area contributed by atoms with Gasteiger partial charge in [0.1, 0.15) is 0 Å². The van der Waals surface area contributed by atoms with Gasteiger partial charge in [-0.05, 0) is 72.5 Å². The predicted octanol–water partition coefficient (Wildman–Crippen LogP) is 6.16. The van der Waals surface area contributed by atoms with Gasteiger partial charge in [-0.3, -0.25) is 0 Å². The zero-order valence-electron chi connectivity index (χ0n) is 16.8. The third-order valence-corrected chi connectivity index (χ3v) is 11.5. The van der Waals surface area contributed by atoms with Gasteiger partial charge in [-0.15, -0.1) is 0 Å². The Labute approximate surface area is 171 Å². The van der Waals surface area contributed by atoms with E-state index in [4.69, 9.17) is 9.16 Å². The molecule has 26 heavy (non-hydrogen) atoms. The number of nitrogens with zero attached hydrogens (tertiary/aromatic N) is 2. The molecule has 0 bridgehead atoms. The summed E-state index contributed by atoms with van der Waals surface area (Å²) < 4.78 is 15.8. The van der Waals surface area contributed by atoms with Crippen molar-refractivity contribution in [3.8, 4) is 5.88 Å². The topological polar surface area (TPSA) is 36.3 Å². The second-order valence-electron chi connectivity index (χ2n) is 8.91. The quantitative estimate of drug-likeness (QED) is 0.384. The van der Waals surface area contributed by atoms with Crippen molar-refractivity contribution in [2.75, 3.05) is 7.11 Å². The van der Waals surface area contributed by atoms with Crippen molar-refractivity contribution in [1.29, 1.82) is 0 Å². The zero-order chi connectivity index (χ0) is 19.1. The Hall–Kier alpha value is -0.603. The molecule has 0 aromatic carbocycles. The maximum atomic E-state index is 6.65. The van der Waals surface area contributed by atoms with Crippen molar-refractivity contribution >= 4 is 41.8 Å². The van der Waals surface area contributed by atoms with Crippen LogP contribution in [0.2, 0.25) is 18.1 Å². The highest BCUT2D eigenvalue weighted by Gasteiger charge is 2.40. The highest BCUT2D eigenvalue weighted by atomic mass is 127. The first kappa shape index (κ1) is 20.1. The van der Waals surface area contributed by atoms with Crippen molar-refractivity contribution < 1.29 is 9.16 Å². The van der Waals surface area contributed by atoms with Gasteiger partial charge in [-0.1, -0.05) is 20.8 Å². The van der Waals surface area contributed by atoms with Gasteiger partial charge in [-0.25, -0.2) is 4.98 Å². The molecule has 4 nitrogen and oxygen atoms in total. The van der Waals surface area contributed by atoms with Gasteiger partial charge in [0.2, 0.25) is 5.88 Å². The van der Waals surface area contributed by atoms with E-state index in [2.05, 4.69) is 78.3 Å². The number of pyridine rings is 1. The highest BCUT2D eigenvalue weighted by Crippen LogP contribution is 2.41. The number of fused-ring (bicyclic) bond motifs is 1. The third kappa shape index (κ3) is 3.82. The number of ether oxygens (including phenoxy) is 1. The lowest BCUT2D eigenvalue weighted by atomic mass is 9.93. The van der Waals surface area contributed by atoms with Crippen LogP contribution in [0.4, 0.5) is 0 Å². The first-order chi connectivity index (χ1) is 12.1. The smallest absolute Gasteiger partial charge is 0.223 e. The largest absolute Gasteiger partial charge is 0.480 e. The second kappa shape index (κ2) is 7.43. The maximum Gasteiger partial charge on any atom is 0.223 e. The Bertz CT molecular complexity index is 774. The summed E-state index contributed by atoms with van der Waals surface area (Å²) >= 11 is 2.39. The van der Waals surface area contributed by atoms with Crippen molar-refractivity contribution in [2.24, 2.45) is 0 Å². The lowest BCUT2D eigenvalue weighted by Crippen LogP contribution is -2.44. The van der Waals surface area contributed by atoms with Gasteiger partial charge >= 0.3 is 0 Å². The van der Waals surface area contributed by atoms with E-state index in [-0.39, 0.29) is 5.04 Å². The van der Waals surface area contributed by atoms with E-state index in [1.807, 2.05) is 6.20 Å². The van der Waals surface area contributed by atoms with Crippen molar-refractivity contribution in [3.63, 3.8) is 0 Å². The summed E-state index contributed by atoms with van der Waals surface area (Å²) in [5.74, 6) is 0.723. The standard InChI is InChI=1S/C20H31IN2O2Si/c1-20(2,3)26(5,6)25-15-9-7-14(8-10-15)23-13-16(21)18-17(23)11-12-22-19(18)24-4/h11-15H,7-10H2,1-6H3. The molecule has 0 atom stereocenters. The molecule has 0 spiro atoms. The van der Waals surface area contributed by atoms with Crippen molar-refractivity contribution in [2.45, 2.75) is 76.7 Å². The maximum absolute atomic E-state index is 6.65. The molecular weight excluding hydrogens is 455 g/mol. The van der Waals surface area contributed by atoms with E-state index in [9.17, 15) is 0 Å². The van der Waals surface area contributed by atoms with E-state index in [0.717, 1.165) is 24.1 Å². The summed E-state index contributed by atoms with van der Waals surface area (Å²) in [6.45, 7) is 11.7. The fraction of sp³-hybridized carbons (Fsp3) is 0.650. The summed E-state index contributed by atoms with van der Waals surface area (Å²) in [5, 5.41) is 1.41. The molecule has 0 saturated heterocycles. The van der Waals surface area contributed by atoms with E-state index < -0.39 is 8.32 Å². The van der Waals surface area contributed by atoms with Crippen LogP contribution in [-0.2, 0) is 4.43 Å². The molecule has 2 aromatic rings. The Kier molecular flexibility index (Phi) is 5.76. The van der Waals surface area contributed by atoms with Gasteiger partial charge in [0.25, 0.3) is 0 Å². The Morgan fingerprint density at radius 3 is 2.42 bits per heavy atom. The van der Waals surface area contributed by atoms with E-state index >= 15 is 0 Å². The molecule has 6 heteroatoms. The summed E-state index contributed by atoms with van der Waals surface area (Å²) in [6.07, 6.45) is 9.16. The van der Waals surface area contributed by atoms with Crippen LogP contribution in [0.1, 0.15) is 52.5 Å². The van der Waals surface area contributed by atoms with Crippen LogP contribution >= 0.6 is 22.6 Å². The molecular formula is C20H31IN2O2Si. The zero-order valence-corrected chi connectivity index (χ0v) is 20.0. The van der Waals surface area contributed by atoms with Crippen LogP contribution in [0.3, 0.4) is 0 Å². The van der Waals surface area contributed by atoms with Gasteiger partial charge in [0.05, 0.1) is 18.0 Å². The van der Waals surface area contributed by atoms with Crippen LogP contribution in [0.15, 0.2) is 18.5 Å². The number of methoxy groups -OCH3 is 1. The number of hydrogen-bond acceptors (Lipinski definition) is 3. The minimum absolute atomic E-state index is 0.278. The van der Waals surface area contributed by atoms with Gasteiger partial charge < -0.3 is 13.7 Å². The first-order valence-corrected chi connectivity index (χ1v) is 13.5. The number of aromatic nitrogens is 2. The third-order valence-electron chi connectivity index (χ3n) is 6.16. The molecule has 2 aromatic heterocycles. The minimum atomic E-state index is -1.68. The Balaban J connectivity index is 1.74. The second-order valence-corrected chi connectivity index (χ2v) is 14.8. The van der Waals surface area contributed by atoms with Crippen molar-refractivity contribution in [1.82, 2.24) is 9.55 Å². The minimum Gasteiger partial charge on any atom is -0.480 e. The Morgan fingerprint density at radius 1 is 1.19 bits per heavy atom. The fourth-order valence-electron chi connectivity index (χ4n) is 3.62. The molecule has 144 valence electrons. The summed E-state index contributed by atoms with van der Waals surface area (Å²) in [4.78, 5) is 4.36. The average molecular weight is 486 g/mol. The number of hydrogen-bond donors (Lipinski definition) is 0. The number of rotatable bonds is 4. The lowest BCUT2D eigenvalue weighted by Gasteiger charge is -2.41. The molecule has 0 amide bonds. The van der Waals surface area contributed by atoms with Crippen molar-refractivity contribution in [3.05, 3.63) is 22.0 Å². The molecule has 1 aliphatic carbocycles. The molecule has 0 unspecified atom stereocenters. The van der Waals surface area contributed by atoms with Crippen LogP contribution in [0, 0.1) is 3.57 Å². The van der Waals surface area contributed by atoms with E-state index in [0.29, 0.717) is 12.1 Å². The molecule has 0 radical (unpaired) electrons. The first-order valence-electron chi connectivity index (χ1n) is 9.51. The predicted molar refractivity (Wildman–Crippen MR) is 119 cm³/mol. The average Bonchev–Trinajstić information content (AvgIpc) is 2.91. The SMILES string of the molecule is COc1nccc2c1c(I)cn2C1CCC(O[Si](C)(C)C(C)(C)C)CC1. The summed E-state index contributed by atoms with van der Waals surface area (Å²) in [5.41, 5.74) is 1.23. The van der Waals surface area contributed by atoms with Gasteiger partial charge in [0.15, 0.2) is 8.32 Å². The molecule has 1 aliphatic rings.